The van der Waals surface area contributed by atoms with Gasteiger partial charge in [0.05, 0.1) is 0 Å². The van der Waals surface area contributed by atoms with E-state index in [0.29, 0.717) is 12.8 Å². The fraction of sp³-hybridized carbons (Fsp3) is 0.727. The van der Waals surface area contributed by atoms with Gasteiger partial charge in [0.2, 0.25) is 5.78 Å². The van der Waals surface area contributed by atoms with E-state index in [1.807, 2.05) is 0 Å². The van der Waals surface area contributed by atoms with Crippen molar-refractivity contribution in [3.05, 3.63) is 5.53 Å². The molecule has 0 heterocycles. The second kappa shape index (κ2) is 5.56. The minimum atomic E-state index is -0.229. The van der Waals surface area contributed by atoms with Gasteiger partial charge in [-0.15, -0.1) is 0 Å². The average Bonchev–Trinajstić information content (AvgIpc) is 2.21. The highest BCUT2D eigenvalue weighted by Gasteiger charge is 2.26. The summed E-state index contributed by atoms with van der Waals surface area (Å²) in [5.74, 6) is -0.129. The fourth-order valence-electron chi connectivity index (χ4n) is 2.03. The van der Waals surface area contributed by atoms with Crippen molar-refractivity contribution >= 4 is 17.8 Å². The molecule has 0 spiro atoms. The van der Waals surface area contributed by atoms with Crippen molar-refractivity contribution in [2.75, 3.05) is 0 Å². The van der Waals surface area contributed by atoms with Gasteiger partial charge < -0.3 is 5.53 Å². The zero-order chi connectivity index (χ0) is 11.3. The van der Waals surface area contributed by atoms with Crippen LogP contribution in [0.4, 0.5) is 0 Å². The first kappa shape index (κ1) is 11.8. The van der Waals surface area contributed by atoms with Crippen LogP contribution in [0.1, 0.15) is 39.0 Å². The third kappa shape index (κ3) is 3.40. The normalized spacial score (nSPS) is 23.0. The van der Waals surface area contributed by atoms with Crippen molar-refractivity contribution in [2.24, 2.45) is 11.8 Å². The molecule has 0 aromatic heterocycles. The molecule has 4 heteroatoms. The summed E-state index contributed by atoms with van der Waals surface area (Å²) in [5.41, 5.74) is 8.23. The molecular weight excluding hydrogens is 192 g/mol. The molecule has 1 aliphatic carbocycles. The van der Waals surface area contributed by atoms with Crippen LogP contribution in [0.3, 0.4) is 0 Å². The van der Waals surface area contributed by atoms with E-state index in [1.54, 1.807) is 6.92 Å². The van der Waals surface area contributed by atoms with E-state index in [0.717, 1.165) is 25.5 Å². The minimum absolute atomic E-state index is 0.0322. The molecule has 2 atom stereocenters. The number of ketones is 2. The van der Waals surface area contributed by atoms with Crippen molar-refractivity contribution in [2.45, 2.75) is 39.0 Å². The Balaban J connectivity index is 2.49. The average molecular weight is 208 g/mol. The van der Waals surface area contributed by atoms with Gasteiger partial charge in [-0.05, 0) is 19.3 Å². The van der Waals surface area contributed by atoms with Gasteiger partial charge in [0, 0.05) is 18.3 Å². The zero-order valence-electron chi connectivity index (χ0n) is 8.98. The molecule has 0 bridgehead atoms. The molecule has 15 heavy (non-hydrogen) atoms. The third-order valence-electron chi connectivity index (χ3n) is 2.99. The number of nitrogens with zero attached hydrogens (tertiary/aromatic N) is 2. The first-order chi connectivity index (χ1) is 7.15. The van der Waals surface area contributed by atoms with Gasteiger partial charge in [-0.2, -0.15) is 4.79 Å². The van der Waals surface area contributed by atoms with Gasteiger partial charge in [0.25, 0.3) is 0 Å². The molecule has 0 amide bonds. The standard InChI is InChI=1S/C11H16N2O2/c1-8(11(15)7-13-12)6-9-4-2-3-5-10(9)14/h7-9H,2-6H2,1H3. The summed E-state index contributed by atoms with van der Waals surface area (Å²) < 4.78 is 0. The summed E-state index contributed by atoms with van der Waals surface area (Å²) in [7, 11) is 0. The monoisotopic (exact) mass is 208 g/mol. The van der Waals surface area contributed by atoms with E-state index < -0.39 is 0 Å². The molecule has 4 nitrogen and oxygen atoms in total. The van der Waals surface area contributed by atoms with Crippen molar-refractivity contribution in [3.63, 3.8) is 0 Å². The van der Waals surface area contributed by atoms with Crippen molar-refractivity contribution in [1.29, 1.82) is 0 Å². The Kier molecular flexibility index (Phi) is 4.37. The van der Waals surface area contributed by atoms with Gasteiger partial charge in [-0.25, -0.2) is 0 Å². The van der Waals surface area contributed by atoms with E-state index in [1.165, 1.54) is 0 Å². The summed E-state index contributed by atoms with van der Waals surface area (Å²) >= 11 is 0. The Morgan fingerprint density at radius 3 is 3.00 bits per heavy atom. The smallest absolute Gasteiger partial charge is 0.323 e. The summed E-state index contributed by atoms with van der Waals surface area (Å²) in [6.45, 7) is 1.77. The Morgan fingerprint density at radius 2 is 2.40 bits per heavy atom. The SMILES string of the molecule is CC(CC1CCCCC1=O)C(=O)C=[N+]=[N-]. The van der Waals surface area contributed by atoms with Crippen LogP contribution in [0.5, 0.6) is 0 Å². The number of carbonyl (C=O) groups excluding carboxylic acids is 2. The number of Topliss-reactive ketones (excluding diaryl/α,β-unsaturated/α-hetero) is 2. The zero-order valence-corrected chi connectivity index (χ0v) is 8.98. The van der Waals surface area contributed by atoms with Crippen LogP contribution >= 0.6 is 0 Å². The topological polar surface area (TPSA) is 70.5 Å². The van der Waals surface area contributed by atoms with Gasteiger partial charge in [-0.3, -0.25) is 9.59 Å². The molecule has 82 valence electrons. The molecule has 1 saturated carbocycles. The van der Waals surface area contributed by atoms with Gasteiger partial charge in [0.1, 0.15) is 5.78 Å². The summed E-state index contributed by atoms with van der Waals surface area (Å²) in [6, 6.07) is 0. The van der Waals surface area contributed by atoms with Crippen molar-refractivity contribution in [3.8, 4) is 0 Å². The molecule has 0 aromatic carbocycles. The van der Waals surface area contributed by atoms with Crippen LogP contribution in [-0.4, -0.2) is 22.6 Å². The predicted molar refractivity (Wildman–Crippen MR) is 55.4 cm³/mol. The molecule has 0 aliphatic heterocycles. The van der Waals surface area contributed by atoms with Gasteiger partial charge in [-0.1, -0.05) is 13.3 Å². The van der Waals surface area contributed by atoms with Gasteiger partial charge >= 0.3 is 6.21 Å². The molecule has 1 fully saturated rings. The first-order valence-electron chi connectivity index (χ1n) is 5.39. The lowest BCUT2D eigenvalue weighted by molar-refractivity contribution is -0.126. The van der Waals surface area contributed by atoms with E-state index in [2.05, 4.69) is 4.79 Å². The molecule has 0 N–H and O–H groups in total. The molecule has 0 aromatic rings. The number of hydrogen-bond donors (Lipinski definition) is 0. The molecule has 1 aliphatic rings. The number of hydrogen-bond acceptors (Lipinski definition) is 2. The van der Waals surface area contributed by atoms with Crippen molar-refractivity contribution < 1.29 is 14.4 Å². The maximum absolute atomic E-state index is 11.5. The highest BCUT2D eigenvalue weighted by molar-refractivity contribution is 6.26. The Bertz CT molecular complexity index is 306. The van der Waals surface area contributed by atoms with Crippen LogP contribution in [0.25, 0.3) is 5.53 Å². The number of rotatable bonds is 4. The van der Waals surface area contributed by atoms with E-state index in [9.17, 15) is 9.59 Å². The third-order valence-corrected chi connectivity index (χ3v) is 2.99. The molecule has 0 radical (unpaired) electrons. The fourth-order valence-corrected chi connectivity index (χ4v) is 2.03. The van der Waals surface area contributed by atoms with Gasteiger partial charge in [0.15, 0.2) is 0 Å². The highest BCUT2D eigenvalue weighted by Crippen LogP contribution is 2.26. The summed E-state index contributed by atoms with van der Waals surface area (Å²) in [4.78, 5) is 25.5. The lowest BCUT2D eigenvalue weighted by Gasteiger charge is -2.21. The first-order valence-corrected chi connectivity index (χ1v) is 5.39. The van der Waals surface area contributed by atoms with Crippen LogP contribution in [0, 0.1) is 11.8 Å². The second-order valence-corrected chi connectivity index (χ2v) is 4.19. The summed E-state index contributed by atoms with van der Waals surface area (Å²) in [6.07, 6.45) is 5.11. The Labute approximate surface area is 89.3 Å². The number of carbonyl (C=O) groups is 2. The molecule has 1 rings (SSSR count). The molecule has 2 unspecified atom stereocenters. The van der Waals surface area contributed by atoms with E-state index in [4.69, 9.17) is 5.53 Å². The maximum Gasteiger partial charge on any atom is 0.323 e. The predicted octanol–water partition coefficient (Wildman–Crippen LogP) is 1.64. The second-order valence-electron chi connectivity index (χ2n) is 4.19. The van der Waals surface area contributed by atoms with Crippen LogP contribution in [0.15, 0.2) is 0 Å². The van der Waals surface area contributed by atoms with E-state index >= 15 is 0 Å². The quantitative estimate of drug-likeness (QED) is 0.400. The minimum Gasteiger partial charge on any atom is -0.361 e. The largest absolute Gasteiger partial charge is 0.361 e. The molecule has 0 saturated heterocycles. The molecular formula is C11H16N2O2. The lowest BCUT2D eigenvalue weighted by Crippen LogP contribution is -2.24. The highest BCUT2D eigenvalue weighted by atomic mass is 16.1. The van der Waals surface area contributed by atoms with E-state index in [-0.39, 0.29) is 23.4 Å². The van der Waals surface area contributed by atoms with Crippen molar-refractivity contribution in [1.82, 2.24) is 0 Å². The maximum atomic E-state index is 11.5. The Morgan fingerprint density at radius 1 is 1.67 bits per heavy atom. The van der Waals surface area contributed by atoms with Crippen LogP contribution < -0.4 is 0 Å². The summed E-state index contributed by atoms with van der Waals surface area (Å²) in [5, 5.41) is 0. The Hall–Kier alpha value is -1.28. The lowest BCUT2D eigenvalue weighted by atomic mass is 9.81. The van der Waals surface area contributed by atoms with Crippen LogP contribution in [-0.2, 0) is 9.59 Å². The van der Waals surface area contributed by atoms with Crippen LogP contribution in [0.2, 0.25) is 0 Å².